The molecule has 0 radical (unpaired) electrons. The van der Waals surface area contributed by atoms with Gasteiger partial charge in [0.2, 0.25) is 0 Å². The molecule has 4 nitrogen and oxygen atoms in total. The van der Waals surface area contributed by atoms with Gasteiger partial charge in [0.05, 0.1) is 0 Å². The van der Waals surface area contributed by atoms with Crippen molar-refractivity contribution in [1.82, 2.24) is 4.90 Å². The van der Waals surface area contributed by atoms with Crippen molar-refractivity contribution < 1.29 is 39.2 Å². The maximum atomic E-state index is 12.3. The van der Waals surface area contributed by atoms with Gasteiger partial charge in [0.15, 0.2) is 0 Å². The number of rotatable bonds is 6. The van der Waals surface area contributed by atoms with E-state index in [0.29, 0.717) is 31.5 Å². The van der Waals surface area contributed by atoms with Crippen LogP contribution in [0.2, 0.25) is 0 Å². The number of aliphatic hydroxyl groups excluding tert-OH is 1. The van der Waals surface area contributed by atoms with Crippen LogP contribution in [0.3, 0.4) is 0 Å². The number of likely N-dealkylation sites (tertiary alicyclic amines) is 1. The molecule has 1 amide bonds. The summed E-state index contributed by atoms with van der Waals surface area (Å²) in [4.78, 5) is 14.1. The smallest absolute Gasteiger partial charge is 1.00 e. The zero-order valence-corrected chi connectivity index (χ0v) is 17.8. The van der Waals surface area contributed by atoms with E-state index >= 15 is 0 Å². The van der Waals surface area contributed by atoms with Crippen LogP contribution in [0.15, 0.2) is 60.7 Å². The van der Waals surface area contributed by atoms with Crippen molar-refractivity contribution in [3.8, 4) is 0 Å². The van der Waals surface area contributed by atoms with Gasteiger partial charge in [-0.15, -0.1) is 0 Å². The normalized spacial score (nSPS) is 15.1. The number of amides is 1. The quantitative estimate of drug-likeness (QED) is 0.755. The third-order valence-corrected chi connectivity index (χ3v) is 5.24. The fraction of sp³-hybridized carbons (Fsp3) is 0.409. The molecule has 1 atom stereocenters. The van der Waals surface area contributed by atoms with Crippen LogP contribution in [0.25, 0.3) is 0 Å². The third-order valence-electron chi connectivity index (χ3n) is 5.24. The van der Waals surface area contributed by atoms with Gasteiger partial charge in [-0.05, 0) is 42.2 Å². The van der Waals surface area contributed by atoms with E-state index < -0.39 is 0 Å². The summed E-state index contributed by atoms with van der Waals surface area (Å²) in [5.74, 6) is 0.839. The molecule has 1 aliphatic heterocycles. The first-order valence-electron chi connectivity index (χ1n) is 9.39. The average Bonchev–Trinajstić information content (AvgIpc) is 2.72. The number of hydrogen-bond acceptors (Lipinski definition) is 3. The summed E-state index contributed by atoms with van der Waals surface area (Å²) in [6.45, 7) is 1.94. The summed E-state index contributed by atoms with van der Waals surface area (Å²) in [6.07, 6.45) is 2.43. The standard InChI is InChI=1S/C22H27NO3.Al.Li.4H/c24-16-13-21(19-9-5-2-6-10-19)20-11-14-23(15-12-20)22(25)26-17-18-7-3-1-4-8-18;;;;;;/h1-10,20-21,24H,11-17H2;;;;;;/q;+3;+1;4*-1/t21-;;;;;;/m0....../s1. The number of carbonyl (C=O) groups excluding carboxylic acids is 1. The molecule has 0 spiro atoms. The monoisotopic (exact) mass is 391 g/mol. The SMILES string of the molecule is O=C(OCc1ccccc1)N1CCC([C@@H](CCO)c2ccccc2)CC1.[Al+3].[H-].[H-].[H-].[H-].[Li+]. The second-order valence-electron chi connectivity index (χ2n) is 6.89. The Balaban J connectivity index is -0.000000653. The Morgan fingerprint density at radius 2 is 1.64 bits per heavy atom. The average molecular weight is 391 g/mol. The fourth-order valence-corrected chi connectivity index (χ4v) is 3.81. The molecule has 2 aromatic carbocycles. The maximum absolute atomic E-state index is 12.3. The molecule has 2 aromatic rings. The summed E-state index contributed by atoms with van der Waals surface area (Å²) in [5, 5.41) is 9.46. The molecule has 3 rings (SSSR count). The molecule has 1 fully saturated rings. The van der Waals surface area contributed by atoms with Gasteiger partial charge in [-0.3, -0.25) is 0 Å². The first kappa shape index (κ1) is 24.8. The molecule has 1 N–H and O–H groups in total. The molecular formula is C22H31AlLiNO3. The van der Waals surface area contributed by atoms with Gasteiger partial charge in [0.1, 0.15) is 6.61 Å². The predicted molar refractivity (Wildman–Crippen MR) is 112 cm³/mol. The Bertz CT molecular complexity index is 696. The Hall–Kier alpha value is -1.20. The minimum absolute atomic E-state index is 0. The molecule has 0 aromatic heterocycles. The Morgan fingerprint density at radius 3 is 2.21 bits per heavy atom. The minimum Gasteiger partial charge on any atom is -1.00 e. The summed E-state index contributed by atoms with van der Waals surface area (Å²) < 4.78 is 5.44. The summed E-state index contributed by atoms with van der Waals surface area (Å²) in [6, 6.07) is 20.2. The van der Waals surface area contributed by atoms with Gasteiger partial charge < -0.3 is 20.4 Å². The van der Waals surface area contributed by atoms with E-state index in [0.717, 1.165) is 24.8 Å². The van der Waals surface area contributed by atoms with Crippen molar-refractivity contribution in [3.63, 3.8) is 0 Å². The number of carbonyl (C=O) groups is 1. The second-order valence-corrected chi connectivity index (χ2v) is 6.89. The maximum Gasteiger partial charge on any atom is 3.00 e. The molecule has 0 unspecified atom stereocenters. The number of hydrogen-bond donors (Lipinski definition) is 1. The Kier molecular flexibility index (Phi) is 11.6. The molecule has 1 saturated heterocycles. The zero-order chi connectivity index (χ0) is 18.2. The van der Waals surface area contributed by atoms with E-state index in [-0.39, 0.29) is 54.6 Å². The number of benzene rings is 2. The Morgan fingerprint density at radius 1 is 1.07 bits per heavy atom. The van der Waals surface area contributed by atoms with E-state index in [2.05, 4.69) is 24.3 Å². The van der Waals surface area contributed by atoms with Gasteiger partial charge in [0.25, 0.3) is 0 Å². The van der Waals surface area contributed by atoms with Crippen molar-refractivity contribution in [2.45, 2.75) is 31.8 Å². The molecular weight excluding hydrogens is 360 g/mol. The van der Waals surface area contributed by atoms with Gasteiger partial charge in [-0.1, -0.05) is 60.7 Å². The van der Waals surface area contributed by atoms with Crippen LogP contribution < -0.4 is 18.9 Å². The number of ether oxygens (including phenoxy) is 1. The predicted octanol–water partition coefficient (Wildman–Crippen LogP) is 1.27. The van der Waals surface area contributed by atoms with Crippen LogP contribution in [0, 0.1) is 5.92 Å². The van der Waals surface area contributed by atoms with E-state index in [1.807, 2.05) is 36.4 Å². The molecule has 28 heavy (non-hydrogen) atoms. The van der Waals surface area contributed by atoms with Crippen LogP contribution in [-0.4, -0.2) is 53.2 Å². The molecule has 0 saturated carbocycles. The molecule has 146 valence electrons. The van der Waals surface area contributed by atoms with Crippen molar-refractivity contribution >= 4 is 23.5 Å². The van der Waals surface area contributed by atoms with E-state index in [9.17, 15) is 9.90 Å². The minimum atomic E-state index is -0.231. The van der Waals surface area contributed by atoms with Gasteiger partial charge in [0, 0.05) is 19.7 Å². The first-order chi connectivity index (χ1) is 12.8. The van der Waals surface area contributed by atoms with Crippen LogP contribution in [0.5, 0.6) is 0 Å². The van der Waals surface area contributed by atoms with Crippen molar-refractivity contribution in [1.29, 1.82) is 0 Å². The Labute approximate surface area is 196 Å². The summed E-state index contributed by atoms with van der Waals surface area (Å²) >= 11 is 0. The molecule has 0 bridgehead atoms. The summed E-state index contributed by atoms with van der Waals surface area (Å²) in [7, 11) is 0. The molecule has 6 heteroatoms. The largest absolute Gasteiger partial charge is 3.00 e. The second kappa shape index (κ2) is 13.1. The molecule has 0 aliphatic carbocycles. The van der Waals surface area contributed by atoms with E-state index in [4.69, 9.17) is 4.74 Å². The summed E-state index contributed by atoms with van der Waals surface area (Å²) in [5.41, 5.74) is 2.29. The van der Waals surface area contributed by atoms with Crippen molar-refractivity contribution in [2.24, 2.45) is 5.92 Å². The van der Waals surface area contributed by atoms with Crippen LogP contribution in [0.1, 0.15) is 42.0 Å². The van der Waals surface area contributed by atoms with Gasteiger partial charge in [-0.25, -0.2) is 4.79 Å². The molecule has 1 aliphatic rings. The van der Waals surface area contributed by atoms with E-state index in [1.165, 1.54) is 5.56 Å². The van der Waals surface area contributed by atoms with Crippen LogP contribution >= 0.6 is 0 Å². The van der Waals surface area contributed by atoms with Crippen molar-refractivity contribution in [3.05, 3.63) is 71.8 Å². The third kappa shape index (κ3) is 7.00. The van der Waals surface area contributed by atoms with Gasteiger partial charge >= 0.3 is 42.3 Å². The van der Waals surface area contributed by atoms with Gasteiger partial charge in [-0.2, -0.15) is 0 Å². The number of nitrogens with zero attached hydrogens (tertiary/aromatic N) is 1. The number of aliphatic hydroxyl groups is 1. The first-order valence-corrected chi connectivity index (χ1v) is 9.39. The molecule has 1 heterocycles. The van der Waals surface area contributed by atoms with E-state index in [1.54, 1.807) is 4.90 Å². The number of piperidine rings is 1. The fourth-order valence-electron chi connectivity index (χ4n) is 3.81. The van der Waals surface area contributed by atoms with Crippen molar-refractivity contribution in [2.75, 3.05) is 19.7 Å². The topological polar surface area (TPSA) is 49.8 Å². The zero-order valence-electron chi connectivity index (χ0n) is 20.7. The van der Waals surface area contributed by atoms with Crippen LogP contribution in [-0.2, 0) is 11.3 Å². The van der Waals surface area contributed by atoms with Crippen LogP contribution in [0.4, 0.5) is 4.79 Å².